The standard InChI is InChI=1S/C38H28N8O14S4.4Na/c47-45(43-31-14-21-36(22-15-31)62(52,53)54)33-17-10-30(11-18-33)44-46(48)34-16-4-26(38(24-34)64(58,59)60)2-1-25-3-5-32(23-37(25)63(55,56)57)42-41-28-8-6-27(7-9-28)39-40-29-12-19-35(20-13-29)61(49,50)51;;;;/h1-24H,(H,49,50,51)(H,52,53,54)(H,55,56,57)(H,58,59,60);;;;/q;4*+1/p-4/b2-1+,40-39?,42-41?,45-43?,46-44?;;;;. The van der Waals surface area contributed by atoms with Gasteiger partial charge in [0.1, 0.15) is 51.8 Å². The van der Waals surface area contributed by atoms with Crippen molar-refractivity contribution in [1.29, 1.82) is 0 Å². The maximum Gasteiger partial charge on any atom is 1.00 e. The second kappa shape index (κ2) is 25.7. The Hall–Kier alpha value is -3.30. The van der Waals surface area contributed by atoms with E-state index in [1.807, 2.05) is 0 Å². The SMILES string of the molecule is O=S(=O)([O-])c1ccc(N=Nc2ccc(N=Nc3ccc(/C=C/c4ccc([N+]([O-])=Nc5ccc([N+]([O-])=Nc6ccc(S(=O)(=O)[O-])cc6)cc5)cc4S(=O)(=O)[O-])c(S(=O)(=O)[O-])c3)cc2)cc1.[Na+].[Na+].[Na+].[Na+]. The van der Waals surface area contributed by atoms with Gasteiger partial charge >= 0.3 is 118 Å². The molecule has 0 saturated carbocycles. The summed E-state index contributed by atoms with van der Waals surface area (Å²) in [6.07, 6.45) is 2.09. The Labute approximate surface area is 477 Å². The Balaban J connectivity index is 0.00000397. The average Bonchev–Trinajstić information content (AvgIpc) is 3.24. The van der Waals surface area contributed by atoms with Crippen molar-refractivity contribution in [3.8, 4) is 0 Å². The first-order valence-corrected chi connectivity index (χ1v) is 23.1. The van der Waals surface area contributed by atoms with Crippen LogP contribution in [-0.4, -0.2) is 61.6 Å². The van der Waals surface area contributed by atoms with Crippen LogP contribution in [0.2, 0.25) is 0 Å². The van der Waals surface area contributed by atoms with Gasteiger partial charge in [-0.15, -0.1) is 0 Å². The van der Waals surface area contributed by atoms with Gasteiger partial charge in [0.05, 0.1) is 42.3 Å². The van der Waals surface area contributed by atoms with E-state index in [0.717, 1.165) is 72.8 Å². The van der Waals surface area contributed by atoms with Crippen LogP contribution in [-0.2, 0) is 40.5 Å². The van der Waals surface area contributed by atoms with Crippen molar-refractivity contribution in [3.05, 3.63) is 155 Å². The van der Waals surface area contributed by atoms with Crippen LogP contribution in [0.15, 0.2) is 184 Å². The molecule has 6 rings (SSSR count). The predicted molar refractivity (Wildman–Crippen MR) is 219 cm³/mol. The van der Waals surface area contributed by atoms with E-state index in [1.54, 1.807) is 0 Å². The largest absolute Gasteiger partial charge is 1.00 e. The second-order valence-corrected chi connectivity index (χ2v) is 18.2. The van der Waals surface area contributed by atoms with Gasteiger partial charge in [-0.05, 0) is 114 Å². The minimum atomic E-state index is -5.27. The smallest absolute Gasteiger partial charge is 0.744 e. The minimum Gasteiger partial charge on any atom is -0.744 e. The fraction of sp³-hybridized carbons (Fsp3) is 0. The molecular weight excluding hydrogens is 1010 g/mol. The molecule has 0 unspecified atom stereocenters. The molecule has 0 spiro atoms. The van der Waals surface area contributed by atoms with Gasteiger partial charge in [0.15, 0.2) is 0 Å². The molecule has 0 aromatic heterocycles. The summed E-state index contributed by atoms with van der Waals surface area (Å²) in [4.78, 5) is -2.43. The molecule has 30 heteroatoms. The number of hydrogen-bond acceptors (Lipinski definition) is 20. The Bertz CT molecular complexity index is 3390. The van der Waals surface area contributed by atoms with Crippen LogP contribution in [0.4, 0.5) is 45.5 Å². The van der Waals surface area contributed by atoms with Gasteiger partial charge in [-0.25, -0.2) is 33.7 Å². The Kier molecular flexibility index (Phi) is 23.0. The molecule has 0 bridgehead atoms. The fourth-order valence-corrected chi connectivity index (χ4v) is 7.58. The maximum absolute atomic E-state index is 12.9. The van der Waals surface area contributed by atoms with Gasteiger partial charge in [0, 0.05) is 34.5 Å². The van der Waals surface area contributed by atoms with Crippen molar-refractivity contribution in [3.63, 3.8) is 0 Å². The van der Waals surface area contributed by atoms with E-state index < -0.39 is 65.7 Å². The normalized spacial score (nSPS) is 12.5. The molecule has 328 valence electrons. The molecule has 6 aromatic carbocycles. The molecule has 0 aliphatic carbocycles. The molecule has 0 N–H and O–H groups in total. The minimum absolute atomic E-state index is 0. The summed E-state index contributed by atoms with van der Waals surface area (Å²) >= 11 is 0. The monoisotopic (exact) mass is 1040 g/mol. The number of hydrogen-bond donors (Lipinski definition) is 0. The maximum atomic E-state index is 12.9. The zero-order valence-electron chi connectivity index (χ0n) is 35.8. The quantitative estimate of drug-likeness (QED) is 0.0252. The topological polar surface area (TPSA) is 355 Å². The van der Waals surface area contributed by atoms with E-state index >= 15 is 0 Å². The van der Waals surface area contributed by atoms with E-state index in [4.69, 9.17) is 0 Å². The van der Waals surface area contributed by atoms with Crippen molar-refractivity contribution in [2.45, 2.75) is 19.6 Å². The van der Waals surface area contributed by atoms with E-state index in [1.165, 1.54) is 72.8 Å². The first kappa shape index (κ1) is 60.8. The molecule has 0 radical (unpaired) electrons. The van der Waals surface area contributed by atoms with Crippen molar-refractivity contribution >= 4 is 98.1 Å². The van der Waals surface area contributed by atoms with E-state index in [0.29, 0.717) is 5.69 Å². The van der Waals surface area contributed by atoms with Crippen molar-refractivity contribution in [2.75, 3.05) is 0 Å². The first-order valence-electron chi connectivity index (χ1n) is 17.4. The number of rotatable bonds is 14. The zero-order chi connectivity index (χ0) is 46.5. The molecule has 68 heavy (non-hydrogen) atoms. The van der Waals surface area contributed by atoms with Crippen LogP contribution in [0.5, 0.6) is 0 Å². The number of nitrogens with zero attached hydrogens (tertiary/aromatic N) is 8. The van der Waals surface area contributed by atoms with E-state index in [9.17, 15) is 62.3 Å². The Morgan fingerprint density at radius 1 is 0.353 bits per heavy atom. The molecule has 0 amide bonds. The third-order valence-electron chi connectivity index (χ3n) is 8.34. The molecule has 0 saturated heterocycles. The van der Waals surface area contributed by atoms with Gasteiger partial charge in [-0.2, -0.15) is 20.5 Å². The zero-order valence-corrected chi connectivity index (χ0v) is 47.0. The fourth-order valence-electron chi connectivity index (χ4n) is 5.26. The van der Waals surface area contributed by atoms with Crippen LogP contribution in [0.1, 0.15) is 11.1 Å². The first-order chi connectivity index (χ1) is 30.0. The molecule has 0 fully saturated rings. The van der Waals surface area contributed by atoms with E-state index in [-0.39, 0.29) is 173 Å². The predicted octanol–water partition coefficient (Wildman–Crippen LogP) is -3.83. The van der Waals surface area contributed by atoms with Crippen LogP contribution < -0.4 is 118 Å². The summed E-state index contributed by atoms with van der Waals surface area (Å²) in [6.45, 7) is 0. The number of benzene rings is 6. The number of azo groups is 4. The molecule has 0 heterocycles. The Morgan fingerprint density at radius 3 is 1.04 bits per heavy atom. The van der Waals surface area contributed by atoms with Crippen molar-refractivity contribution < 1.29 is 180 Å². The van der Waals surface area contributed by atoms with Gasteiger partial charge in [-0.3, -0.25) is 0 Å². The molecule has 0 aliphatic rings. The average molecular weight is 1040 g/mol. The molecule has 22 nitrogen and oxygen atoms in total. The molecule has 0 aliphatic heterocycles. The Morgan fingerprint density at radius 2 is 0.647 bits per heavy atom. The third kappa shape index (κ3) is 17.2. The van der Waals surface area contributed by atoms with Gasteiger partial charge < -0.3 is 28.6 Å². The summed E-state index contributed by atoms with van der Waals surface area (Å²) < 4.78 is 140. The van der Waals surface area contributed by atoms with Crippen molar-refractivity contribution in [1.82, 2.24) is 0 Å². The molecule has 0 atom stereocenters. The van der Waals surface area contributed by atoms with Crippen LogP contribution in [0.3, 0.4) is 0 Å². The summed E-state index contributed by atoms with van der Waals surface area (Å²) in [5.41, 5.74) is -0.117. The molecular formula is C38H24N8Na4O14S4. The summed E-state index contributed by atoms with van der Waals surface area (Å²) in [5.74, 6) is 0. The summed E-state index contributed by atoms with van der Waals surface area (Å²) in [7, 11) is -19.8. The second-order valence-electron chi connectivity index (χ2n) is 12.8. The van der Waals surface area contributed by atoms with E-state index in [2.05, 4.69) is 30.7 Å². The van der Waals surface area contributed by atoms with Crippen molar-refractivity contribution in [2.24, 2.45) is 30.7 Å². The van der Waals surface area contributed by atoms with Gasteiger partial charge in [0.2, 0.25) is 11.4 Å². The summed E-state index contributed by atoms with van der Waals surface area (Å²) in [5, 5.41) is 48.9. The molecule has 6 aromatic rings. The van der Waals surface area contributed by atoms with Gasteiger partial charge in [0.25, 0.3) is 0 Å². The van der Waals surface area contributed by atoms with Crippen LogP contribution in [0.25, 0.3) is 12.2 Å². The summed E-state index contributed by atoms with van der Waals surface area (Å²) in [6, 6.07) is 26.2. The third-order valence-corrected chi connectivity index (χ3v) is 11.8. The van der Waals surface area contributed by atoms with Crippen LogP contribution in [0, 0.1) is 10.4 Å². The van der Waals surface area contributed by atoms with Crippen LogP contribution >= 0.6 is 0 Å². The van der Waals surface area contributed by atoms with Gasteiger partial charge in [-0.1, -0.05) is 27.9 Å².